The highest BCUT2D eigenvalue weighted by Gasteiger charge is 2.22. The molecule has 1 heterocycles. The molecule has 1 aliphatic heterocycles. The van der Waals surface area contributed by atoms with Gasteiger partial charge in [-0.1, -0.05) is 0 Å². The third-order valence-corrected chi connectivity index (χ3v) is 1.78. The van der Waals surface area contributed by atoms with Gasteiger partial charge in [0.1, 0.15) is 6.10 Å². The van der Waals surface area contributed by atoms with Crippen molar-refractivity contribution in [3.05, 3.63) is 0 Å². The molecule has 0 radical (unpaired) electrons. The lowest BCUT2D eigenvalue weighted by Crippen LogP contribution is -2.40. The lowest BCUT2D eigenvalue weighted by molar-refractivity contribution is -0.131. The van der Waals surface area contributed by atoms with Crippen molar-refractivity contribution in [2.75, 3.05) is 19.7 Å². The van der Waals surface area contributed by atoms with Crippen LogP contribution in [0.15, 0.2) is 0 Å². The second-order valence-electron chi connectivity index (χ2n) is 2.34. The largest absolute Gasteiger partial charge is 0.368 e. The fourth-order valence-electron chi connectivity index (χ4n) is 0.864. The molecule has 4 heteroatoms. The van der Waals surface area contributed by atoms with Crippen molar-refractivity contribution in [3.8, 4) is 0 Å². The Hall–Kier alpha value is -0.120. The summed E-state index contributed by atoms with van der Waals surface area (Å²) >= 11 is 5.66. The van der Waals surface area contributed by atoms with Gasteiger partial charge in [-0.15, -0.1) is 0 Å². The third kappa shape index (κ3) is 1.94. The first kappa shape index (κ1) is 7.98. The van der Waals surface area contributed by atoms with Crippen LogP contribution in [0.4, 0.5) is 0 Å². The molecule has 1 aliphatic rings. The minimum absolute atomic E-state index is 0.0466. The molecule has 1 atom stereocenters. The van der Waals surface area contributed by atoms with Gasteiger partial charge in [0.15, 0.2) is 5.78 Å². The van der Waals surface area contributed by atoms with Crippen molar-refractivity contribution in [2.45, 2.75) is 13.0 Å². The van der Waals surface area contributed by atoms with E-state index in [0.29, 0.717) is 19.7 Å². The zero-order chi connectivity index (χ0) is 7.56. The van der Waals surface area contributed by atoms with Crippen molar-refractivity contribution in [3.63, 3.8) is 0 Å². The number of ketones is 1. The minimum Gasteiger partial charge on any atom is -0.368 e. The van der Waals surface area contributed by atoms with Crippen molar-refractivity contribution in [2.24, 2.45) is 0 Å². The second kappa shape index (κ2) is 3.32. The van der Waals surface area contributed by atoms with E-state index in [9.17, 15) is 4.79 Å². The van der Waals surface area contributed by atoms with Crippen LogP contribution in [-0.4, -0.2) is 36.0 Å². The summed E-state index contributed by atoms with van der Waals surface area (Å²) in [6.07, 6.45) is -0.314. The number of hydrogen-bond acceptors (Lipinski definition) is 3. The fourth-order valence-corrected chi connectivity index (χ4v) is 1.06. The average Bonchev–Trinajstić information content (AvgIpc) is 1.88. The molecule has 0 aromatic heterocycles. The standard InChI is InChI=1S/C6H10ClNO2/c1-5(9)6-4-8(7)2-3-10-6/h6H,2-4H2,1H3. The summed E-state index contributed by atoms with van der Waals surface area (Å²) in [7, 11) is 0. The van der Waals surface area contributed by atoms with E-state index in [1.54, 1.807) is 4.42 Å². The highest BCUT2D eigenvalue weighted by atomic mass is 35.5. The van der Waals surface area contributed by atoms with Crippen LogP contribution in [0, 0.1) is 0 Å². The average molecular weight is 164 g/mol. The first-order chi connectivity index (χ1) is 4.70. The molecule has 1 unspecified atom stereocenters. The van der Waals surface area contributed by atoms with E-state index in [-0.39, 0.29) is 11.9 Å². The zero-order valence-electron chi connectivity index (χ0n) is 5.84. The van der Waals surface area contributed by atoms with Gasteiger partial charge in [0.05, 0.1) is 6.61 Å². The van der Waals surface area contributed by atoms with Crippen molar-refractivity contribution >= 4 is 17.6 Å². The number of nitrogens with zero attached hydrogens (tertiary/aromatic N) is 1. The monoisotopic (exact) mass is 163 g/mol. The molecule has 0 spiro atoms. The Morgan fingerprint density at radius 1 is 1.80 bits per heavy atom. The number of halogens is 1. The summed E-state index contributed by atoms with van der Waals surface area (Å²) < 4.78 is 6.71. The molecule has 0 bridgehead atoms. The Morgan fingerprint density at radius 2 is 2.50 bits per heavy atom. The summed E-state index contributed by atoms with van der Waals surface area (Å²) in [6.45, 7) is 3.27. The smallest absolute Gasteiger partial charge is 0.159 e. The molecule has 10 heavy (non-hydrogen) atoms. The van der Waals surface area contributed by atoms with E-state index in [1.165, 1.54) is 6.92 Å². The highest BCUT2D eigenvalue weighted by Crippen LogP contribution is 2.07. The Balaban J connectivity index is 2.39. The molecule has 0 N–H and O–H groups in total. The topological polar surface area (TPSA) is 29.5 Å². The molecule has 0 aromatic carbocycles. The van der Waals surface area contributed by atoms with Gasteiger partial charge in [-0.25, -0.2) is 4.42 Å². The van der Waals surface area contributed by atoms with Gasteiger partial charge < -0.3 is 4.74 Å². The number of Topliss-reactive ketones (excluding diaryl/α,β-unsaturated/α-hetero) is 1. The molecule has 0 amide bonds. The number of hydrogen-bond donors (Lipinski definition) is 0. The van der Waals surface area contributed by atoms with Crippen LogP contribution in [0.25, 0.3) is 0 Å². The van der Waals surface area contributed by atoms with E-state index in [1.807, 2.05) is 0 Å². The van der Waals surface area contributed by atoms with Crippen LogP contribution in [-0.2, 0) is 9.53 Å². The summed E-state index contributed by atoms with van der Waals surface area (Å²) in [4.78, 5) is 10.7. The molecule has 58 valence electrons. The Bertz CT molecular complexity index is 140. The number of carbonyl (C=O) groups excluding carboxylic acids is 1. The number of carbonyl (C=O) groups is 1. The van der Waals surface area contributed by atoms with Gasteiger partial charge in [0.2, 0.25) is 0 Å². The van der Waals surface area contributed by atoms with E-state index in [2.05, 4.69) is 0 Å². The first-order valence-electron chi connectivity index (χ1n) is 3.23. The summed E-state index contributed by atoms with van der Waals surface area (Å²) in [6, 6.07) is 0. The SMILES string of the molecule is CC(=O)C1CN(Cl)CCO1. The Kier molecular flexibility index (Phi) is 2.65. The maximum Gasteiger partial charge on any atom is 0.159 e. The normalized spacial score (nSPS) is 28.4. The maximum absolute atomic E-state index is 10.7. The van der Waals surface area contributed by atoms with Crippen LogP contribution < -0.4 is 0 Å². The van der Waals surface area contributed by atoms with Gasteiger partial charge in [0, 0.05) is 13.1 Å². The van der Waals surface area contributed by atoms with Gasteiger partial charge in [-0.05, 0) is 18.7 Å². The molecular weight excluding hydrogens is 154 g/mol. The van der Waals surface area contributed by atoms with Crippen molar-refractivity contribution in [1.29, 1.82) is 0 Å². The van der Waals surface area contributed by atoms with Crippen molar-refractivity contribution in [1.82, 2.24) is 4.42 Å². The van der Waals surface area contributed by atoms with Crippen LogP contribution in [0.1, 0.15) is 6.92 Å². The molecular formula is C6H10ClNO2. The van der Waals surface area contributed by atoms with Gasteiger partial charge in [-0.3, -0.25) is 4.79 Å². The lowest BCUT2D eigenvalue weighted by Gasteiger charge is -2.25. The summed E-state index contributed by atoms with van der Waals surface area (Å²) in [5.41, 5.74) is 0. The Morgan fingerprint density at radius 3 is 2.90 bits per heavy atom. The fraction of sp³-hybridized carbons (Fsp3) is 0.833. The predicted octanol–water partition coefficient (Wildman–Crippen LogP) is 0.430. The number of ether oxygens (including phenoxy) is 1. The lowest BCUT2D eigenvalue weighted by atomic mass is 10.2. The molecule has 0 aromatic rings. The molecule has 1 saturated heterocycles. The molecule has 3 nitrogen and oxygen atoms in total. The first-order valence-corrected chi connectivity index (χ1v) is 3.56. The number of morpholine rings is 1. The van der Waals surface area contributed by atoms with E-state index in [0.717, 1.165) is 0 Å². The predicted molar refractivity (Wildman–Crippen MR) is 37.8 cm³/mol. The molecule has 0 aliphatic carbocycles. The molecule has 0 saturated carbocycles. The second-order valence-corrected chi connectivity index (χ2v) is 2.82. The van der Waals surface area contributed by atoms with Gasteiger partial charge >= 0.3 is 0 Å². The molecule has 1 fully saturated rings. The van der Waals surface area contributed by atoms with E-state index in [4.69, 9.17) is 16.5 Å². The summed E-state index contributed by atoms with van der Waals surface area (Å²) in [5, 5.41) is 0. The molecule has 1 rings (SSSR count). The quantitative estimate of drug-likeness (QED) is 0.525. The Labute approximate surface area is 65.0 Å². The van der Waals surface area contributed by atoms with Gasteiger partial charge in [-0.2, -0.15) is 0 Å². The third-order valence-electron chi connectivity index (χ3n) is 1.47. The van der Waals surface area contributed by atoms with Crippen LogP contribution in [0.5, 0.6) is 0 Å². The number of rotatable bonds is 1. The van der Waals surface area contributed by atoms with Crippen LogP contribution in [0.3, 0.4) is 0 Å². The summed E-state index contributed by atoms with van der Waals surface area (Å²) in [5.74, 6) is 0.0466. The minimum atomic E-state index is -0.314. The highest BCUT2D eigenvalue weighted by molar-refractivity contribution is 6.13. The van der Waals surface area contributed by atoms with Crippen LogP contribution in [0.2, 0.25) is 0 Å². The zero-order valence-corrected chi connectivity index (χ0v) is 6.60. The van der Waals surface area contributed by atoms with E-state index >= 15 is 0 Å². The van der Waals surface area contributed by atoms with Gasteiger partial charge in [0.25, 0.3) is 0 Å². The van der Waals surface area contributed by atoms with Crippen LogP contribution >= 0.6 is 11.8 Å². The van der Waals surface area contributed by atoms with Crippen molar-refractivity contribution < 1.29 is 9.53 Å². The maximum atomic E-state index is 10.7. The van der Waals surface area contributed by atoms with E-state index < -0.39 is 0 Å².